The minimum Gasteiger partial charge on any atom is -0.274 e. The fourth-order valence-corrected chi connectivity index (χ4v) is 0. The van der Waals surface area contributed by atoms with Crippen LogP contribution < -0.4 is 0 Å². The van der Waals surface area contributed by atoms with Crippen LogP contribution in [0.15, 0.2) is 0 Å². The normalized spacial score (nSPS) is 2.00. The van der Waals surface area contributed by atoms with Crippen LogP contribution in [0, 0.1) is 0 Å². The Bertz CT molecular complexity index is 27.0. The van der Waals surface area contributed by atoms with Crippen LogP contribution in [0.3, 0.4) is 0 Å². The minimum absolute atomic E-state index is 0. The summed E-state index contributed by atoms with van der Waals surface area (Å²) in [4.78, 5) is 0. The molecule has 0 aliphatic heterocycles. The van der Waals surface area contributed by atoms with Gasteiger partial charge in [-0.05, 0) is 0 Å². The van der Waals surface area contributed by atoms with Gasteiger partial charge in [0.1, 0.15) is 0 Å². The van der Waals surface area contributed by atoms with E-state index < -0.39 is 9.29 Å². The Morgan fingerprint density at radius 3 is 1.25 bits per heavy atom. The van der Waals surface area contributed by atoms with E-state index in [4.69, 9.17) is 8.92 Å². The molecular weight excluding hydrogens is 149 g/mol. The summed E-state index contributed by atoms with van der Waals surface area (Å²) < 4.78 is 16.8. The van der Waals surface area contributed by atoms with E-state index in [1.807, 2.05) is 0 Å². The fraction of sp³-hybridized carbons (Fsp3) is 0. The van der Waals surface area contributed by atoms with Crippen LogP contribution in [0.2, 0.25) is 0 Å². The minimum atomic E-state index is -1.42. The molecule has 0 fully saturated rings. The monoisotopic (exact) mass is 149 g/mol. The third-order valence-corrected chi connectivity index (χ3v) is 0. The van der Waals surface area contributed by atoms with Gasteiger partial charge in [-0.2, -0.15) is 0 Å². The molecule has 0 aliphatic carbocycles. The van der Waals surface area contributed by atoms with Crippen molar-refractivity contribution in [2.24, 2.45) is 0 Å². The maximum Gasteiger partial charge on any atom is 0.549 e. The van der Waals surface area contributed by atoms with Crippen molar-refractivity contribution in [3.05, 3.63) is 0 Å². The Labute approximate surface area is 50.8 Å². The quantitative estimate of drug-likeness (QED) is 0.430. The van der Waals surface area contributed by atoms with Gasteiger partial charge in [-0.3, -0.25) is 8.92 Å². The molecule has 0 rings (SSSR count). The molecule has 0 aliphatic rings. The van der Waals surface area contributed by atoms with Crippen molar-refractivity contribution in [3.8, 4) is 0 Å². The van der Waals surface area contributed by atoms with E-state index in [0.717, 1.165) is 0 Å². The van der Waals surface area contributed by atoms with Crippen molar-refractivity contribution in [1.82, 2.24) is 0 Å². The molecule has 0 aromatic heterocycles. The van der Waals surface area contributed by atoms with Crippen molar-refractivity contribution in [3.63, 3.8) is 0 Å². The molecule has 1 radical (unpaired) electrons. The van der Waals surface area contributed by atoms with E-state index in [-0.39, 0.29) is 32.7 Å². The summed E-state index contributed by atoms with van der Waals surface area (Å²) in [5, 5.41) is 0. The first kappa shape index (κ1) is 8.87. The topological polar surface area (TPSA) is 34.1 Å². The van der Waals surface area contributed by atoms with Crippen molar-refractivity contribution in [1.29, 1.82) is 0 Å². The van der Waals surface area contributed by atoms with Crippen LogP contribution in [-0.4, -0.2) is 9.29 Å². The van der Waals surface area contributed by atoms with E-state index in [2.05, 4.69) is 0 Å². The van der Waals surface area contributed by atoms with Crippen LogP contribution >= 0.6 is 0 Å². The van der Waals surface area contributed by atoms with Crippen LogP contribution in [0.25, 0.3) is 0 Å². The van der Waals surface area contributed by atoms with Crippen molar-refractivity contribution >= 4 is 9.29 Å². The fourth-order valence-electron chi connectivity index (χ4n) is 0. The predicted octanol–water partition coefficient (Wildman–Crippen LogP) is -0.621. The first-order valence-corrected chi connectivity index (χ1v) is 1.22. The van der Waals surface area contributed by atoms with E-state index in [1.165, 1.54) is 0 Å². The molecule has 0 atom stereocenters. The molecule has 0 unspecified atom stereocenters. The van der Waals surface area contributed by atoms with E-state index in [1.54, 1.807) is 0 Å². The van der Waals surface area contributed by atoms with Gasteiger partial charge in [0.25, 0.3) is 0 Å². The van der Waals surface area contributed by atoms with Crippen LogP contribution in [0.1, 0.15) is 0 Å². The Morgan fingerprint density at radius 1 is 1.25 bits per heavy atom. The molecule has 0 bridgehead atoms. The first-order chi connectivity index (χ1) is 1.41. The van der Waals surface area contributed by atoms with Crippen molar-refractivity contribution in [2.45, 2.75) is 0 Å². The summed E-state index contributed by atoms with van der Waals surface area (Å²) in [5.74, 6) is 0. The smallest absolute Gasteiger partial charge is 0.274 e. The molecule has 19 valence electrons. The second kappa shape index (κ2) is 9.07. The molecule has 0 spiro atoms. The molecule has 0 heterocycles. The maximum absolute atomic E-state index is 8.40. The second-order valence-corrected chi connectivity index (χ2v) is 0.250. The number of rotatable bonds is 0. The largest absolute Gasteiger partial charge is 0.549 e. The zero-order chi connectivity index (χ0) is 2.71. The Morgan fingerprint density at radius 2 is 1.25 bits per heavy atom. The zero-order valence-corrected chi connectivity index (χ0v) is 5.73. The van der Waals surface area contributed by atoms with Crippen LogP contribution in [0.5, 0.6) is 0 Å². The molecule has 0 amide bonds. The van der Waals surface area contributed by atoms with Gasteiger partial charge in [-0.25, -0.2) is 0 Å². The molecule has 0 saturated heterocycles. The molecular formula is O2SiY. The van der Waals surface area contributed by atoms with Crippen molar-refractivity contribution < 1.29 is 41.6 Å². The first-order valence-electron chi connectivity index (χ1n) is 0.408. The van der Waals surface area contributed by atoms with Gasteiger partial charge in [-0.15, -0.1) is 0 Å². The third kappa shape index (κ3) is 12.7. The predicted molar refractivity (Wildman–Crippen MR) is 7.13 cm³/mol. The summed E-state index contributed by atoms with van der Waals surface area (Å²) in [5.41, 5.74) is 0. The molecule has 4 heavy (non-hydrogen) atoms. The Kier molecular flexibility index (Phi) is 20.1. The third-order valence-electron chi connectivity index (χ3n) is 0. The summed E-state index contributed by atoms with van der Waals surface area (Å²) >= 11 is 0. The van der Waals surface area contributed by atoms with Gasteiger partial charge in [0.05, 0.1) is 0 Å². The Hall–Kier alpha value is 0.921. The van der Waals surface area contributed by atoms with Gasteiger partial charge < -0.3 is 0 Å². The molecule has 4 heteroatoms. The van der Waals surface area contributed by atoms with Crippen LogP contribution in [0.4, 0.5) is 0 Å². The van der Waals surface area contributed by atoms with E-state index in [0.29, 0.717) is 0 Å². The van der Waals surface area contributed by atoms with Gasteiger partial charge >= 0.3 is 9.29 Å². The Balaban J connectivity index is 0. The van der Waals surface area contributed by atoms with Gasteiger partial charge in [0.2, 0.25) is 0 Å². The van der Waals surface area contributed by atoms with E-state index in [9.17, 15) is 0 Å². The van der Waals surface area contributed by atoms with Crippen LogP contribution in [-0.2, 0) is 41.6 Å². The number of hydrogen-bond acceptors (Lipinski definition) is 2. The summed E-state index contributed by atoms with van der Waals surface area (Å²) in [7, 11) is -1.42. The van der Waals surface area contributed by atoms with Crippen molar-refractivity contribution in [2.75, 3.05) is 0 Å². The standard InChI is InChI=1S/O2Si.Y/c1-3-2;. The molecule has 0 N–H and O–H groups in total. The average Bonchev–Trinajstić information content (AvgIpc) is 0.918. The van der Waals surface area contributed by atoms with Gasteiger partial charge in [0.15, 0.2) is 0 Å². The molecule has 0 aromatic carbocycles. The molecule has 0 aromatic rings. The molecule has 2 nitrogen and oxygen atoms in total. The maximum atomic E-state index is 8.40. The average molecular weight is 149 g/mol. The molecule has 0 saturated carbocycles. The van der Waals surface area contributed by atoms with Gasteiger partial charge in [0, 0.05) is 32.7 Å². The summed E-state index contributed by atoms with van der Waals surface area (Å²) in [6.45, 7) is 0. The second-order valence-electron chi connectivity index (χ2n) is 0.0833. The number of hydrogen-bond donors (Lipinski definition) is 0. The summed E-state index contributed by atoms with van der Waals surface area (Å²) in [6, 6.07) is 0. The summed E-state index contributed by atoms with van der Waals surface area (Å²) in [6.07, 6.45) is 0. The van der Waals surface area contributed by atoms with Gasteiger partial charge in [-0.1, -0.05) is 0 Å². The van der Waals surface area contributed by atoms with E-state index >= 15 is 0 Å². The SMILES string of the molecule is O=[Si]=O.[Y]. The zero-order valence-electron chi connectivity index (χ0n) is 1.89.